The van der Waals surface area contributed by atoms with Gasteiger partial charge >= 0.3 is 0 Å². The van der Waals surface area contributed by atoms with Crippen LogP contribution in [0.4, 0.5) is 0 Å². The topological polar surface area (TPSA) is 63.9 Å². The number of hydrogen-bond donors (Lipinski definition) is 3. The largest absolute Gasteiger partial charge is 0.396 e. The Hall–Kier alpha value is -0.160. The first-order valence-electron chi connectivity index (χ1n) is 4.59. The van der Waals surface area contributed by atoms with Gasteiger partial charge in [-0.25, -0.2) is 0 Å². The van der Waals surface area contributed by atoms with E-state index in [1.165, 1.54) is 0 Å². The summed E-state index contributed by atoms with van der Waals surface area (Å²) in [7, 11) is 1.89. The lowest BCUT2D eigenvalue weighted by molar-refractivity contribution is -0.141. The molecule has 4 heteroatoms. The van der Waals surface area contributed by atoms with Crippen LogP contribution in [0.2, 0.25) is 0 Å². The predicted octanol–water partition coefficient (Wildman–Crippen LogP) is -0.959. The number of aliphatic hydroxyl groups excluding tert-OH is 3. The molecule has 4 nitrogen and oxygen atoms in total. The van der Waals surface area contributed by atoms with Crippen LogP contribution in [-0.4, -0.2) is 58.2 Å². The van der Waals surface area contributed by atoms with Gasteiger partial charge in [-0.05, 0) is 20.9 Å². The van der Waals surface area contributed by atoms with Gasteiger partial charge in [0.25, 0.3) is 0 Å². The Bertz CT molecular complexity index is 184. The molecule has 0 radical (unpaired) electrons. The third-order valence-corrected chi connectivity index (χ3v) is 3.26. The van der Waals surface area contributed by atoms with E-state index in [0.717, 1.165) is 0 Å². The number of rotatable bonds is 1. The molecular formula is C9H19NO3. The lowest BCUT2D eigenvalue weighted by Gasteiger charge is -2.49. The molecule has 0 aliphatic carbocycles. The maximum absolute atomic E-state index is 9.77. The van der Waals surface area contributed by atoms with Crippen LogP contribution < -0.4 is 0 Å². The highest BCUT2D eigenvalue weighted by atomic mass is 16.3. The number of hydrogen-bond acceptors (Lipinski definition) is 4. The molecule has 1 saturated heterocycles. The minimum Gasteiger partial charge on any atom is -0.396 e. The summed E-state index contributed by atoms with van der Waals surface area (Å²) in [6.07, 6.45) is -1.63. The molecule has 0 aromatic rings. The first-order valence-corrected chi connectivity index (χ1v) is 4.59. The van der Waals surface area contributed by atoms with Gasteiger partial charge in [-0.3, -0.25) is 4.90 Å². The van der Waals surface area contributed by atoms with E-state index < -0.39 is 17.7 Å². The van der Waals surface area contributed by atoms with Gasteiger partial charge in [0.1, 0.15) is 0 Å². The van der Waals surface area contributed by atoms with Crippen molar-refractivity contribution in [2.24, 2.45) is 5.92 Å². The second-order valence-electron chi connectivity index (χ2n) is 4.41. The monoisotopic (exact) mass is 189 g/mol. The maximum atomic E-state index is 9.77. The Morgan fingerprint density at radius 1 is 1.38 bits per heavy atom. The molecule has 1 rings (SSSR count). The second kappa shape index (κ2) is 3.53. The molecule has 0 amide bonds. The standard InChI is InChI=1S/C9H19NO3/c1-9(2)8(13)7(12)6(5-11)4-10(9)3/h6-8,11-13H,4-5H2,1-3H3/t6?,7-,8-/m1/s1. The molecule has 0 saturated carbocycles. The first-order chi connectivity index (χ1) is 5.91. The molecule has 3 atom stereocenters. The third-order valence-electron chi connectivity index (χ3n) is 3.26. The van der Waals surface area contributed by atoms with Crippen molar-refractivity contribution in [1.82, 2.24) is 4.90 Å². The molecule has 0 spiro atoms. The summed E-state index contributed by atoms with van der Waals surface area (Å²) in [5, 5.41) is 28.4. The van der Waals surface area contributed by atoms with Crippen LogP contribution in [0.15, 0.2) is 0 Å². The zero-order chi connectivity index (χ0) is 10.2. The van der Waals surface area contributed by atoms with Crippen molar-refractivity contribution in [2.75, 3.05) is 20.2 Å². The number of likely N-dealkylation sites (N-methyl/N-ethyl adjacent to an activating group) is 1. The van der Waals surface area contributed by atoms with E-state index >= 15 is 0 Å². The van der Waals surface area contributed by atoms with E-state index in [-0.39, 0.29) is 12.5 Å². The van der Waals surface area contributed by atoms with Crippen LogP contribution in [0.1, 0.15) is 13.8 Å². The van der Waals surface area contributed by atoms with Crippen molar-refractivity contribution < 1.29 is 15.3 Å². The molecule has 0 aromatic carbocycles. The van der Waals surface area contributed by atoms with E-state index in [2.05, 4.69) is 0 Å². The van der Waals surface area contributed by atoms with Crippen LogP contribution in [0.25, 0.3) is 0 Å². The van der Waals surface area contributed by atoms with Crippen LogP contribution in [0.3, 0.4) is 0 Å². The summed E-state index contributed by atoms with van der Waals surface area (Å²) in [6, 6.07) is 0. The fourth-order valence-corrected chi connectivity index (χ4v) is 1.76. The van der Waals surface area contributed by atoms with Gasteiger partial charge in [-0.2, -0.15) is 0 Å². The molecule has 0 bridgehead atoms. The summed E-state index contributed by atoms with van der Waals surface area (Å²) in [4.78, 5) is 1.96. The maximum Gasteiger partial charge on any atom is 0.0980 e. The van der Waals surface area contributed by atoms with Crippen molar-refractivity contribution >= 4 is 0 Å². The number of aliphatic hydroxyl groups is 3. The Labute approximate surface area is 78.8 Å². The highest BCUT2D eigenvalue weighted by molar-refractivity contribution is 4.99. The zero-order valence-corrected chi connectivity index (χ0v) is 8.44. The smallest absolute Gasteiger partial charge is 0.0980 e. The normalized spacial score (nSPS) is 40.6. The molecule has 1 aliphatic heterocycles. The van der Waals surface area contributed by atoms with Gasteiger partial charge in [0.05, 0.1) is 12.2 Å². The van der Waals surface area contributed by atoms with Gasteiger partial charge in [0.15, 0.2) is 0 Å². The van der Waals surface area contributed by atoms with E-state index in [1.807, 2.05) is 25.8 Å². The Balaban J connectivity index is 2.79. The third kappa shape index (κ3) is 1.72. The fraction of sp³-hybridized carbons (Fsp3) is 1.00. The summed E-state index contributed by atoms with van der Waals surface area (Å²) in [5.74, 6) is -0.243. The predicted molar refractivity (Wildman–Crippen MR) is 49.3 cm³/mol. The number of nitrogens with zero attached hydrogens (tertiary/aromatic N) is 1. The van der Waals surface area contributed by atoms with Crippen LogP contribution in [0, 0.1) is 5.92 Å². The highest BCUT2D eigenvalue weighted by Crippen LogP contribution is 2.29. The summed E-state index contributed by atoms with van der Waals surface area (Å²) < 4.78 is 0. The van der Waals surface area contributed by atoms with Crippen molar-refractivity contribution in [3.05, 3.63) is 0 Å². The first kappa shape index (κ1) is 10.9. The molecule has 0 aromatic heterocycles. The van der Waals surface area contributed by atoms with Crippen molar-refractivity contribution in [2.45, 2.75) is 31.6 Å². The van der Waals surface area contributed by atoms with Crippen molar-refractivity contribution in [1.29, 1.82) is 0 Å². The van der Waals surface area contributed by atoms with Gasteiger partial charge < -0.3 is 15.3 Å². The van der Waals surface area contributed by atoms with Crippen LogP contribution in [0.5, 0.6) is 0 Å². The number of likely N-dealkylation sites (tertiary alicyclic amines) is 1. The summed E-state index contributed by atoms with van der Waals surface area (Å²) in [5.41, 5.74) is -0.426. The Morgan fingerprint density at radius 2 is 1.92 bits per heavy atom. The average molecular weight is 189 g/mol. The van der Waals surface area contributed by atoms with Gasteiger partial charge in [0.2, 0.25) is 0 Å². The average Bonchev–Trinajstić information content (AvgIpc) is 2.09. The van der Waals surface area contributed by atoms with Gasteiger partial charge in [0, 0.05) is 24.6 Å². The summed E-state index contributed by atoms with van der Waals surface area (Å²) >= 11 is 0. The van der Waals surface area contributed by atoms with Crippen molar-refractivity contribution in [3.8, 4) is 0 Å². The van der Waals surface area contributed by atoms with Crippen LogP contribution in [-0.2, 0) is 0 Å². The van der Waals surface area contributed by atoms with Crippen molar-refractivity contribution in [3.63, 3.8) is 0 Å². The molecular weight excluding hydrogens is 170 g/mol. The zero-order valence-electron chi connectivity index (χ0n) is 8.44. The molecule has 1 heterocycles. The quantitative estimate of drug-likeness (QED) is 0.497. The number of piperidine rings is 1. The Morgan fingerprint density at radius 3 is 2.38 bits per heavy atom. The lowest BCUT2D eigenvalue weighted by Crippen LogP contribution is -2.64. The van der Waals surface area contributed by atoms with E-state index in [9.17, 15) is 10.2 Å². The molecule has 13 heavy (non-hydrogen) atoms. The highest BCUT2D eigenvalue weighted by Gasteiger charge is 2.45. The minimum absolute atomic E-state index is 0.0847. The molecule has 3 N–H and O–H groups in total. The van der Waals surface area contributed by atoms with Gasteiger partial charge in [-0.1, -0.05) is 0 Å². The summed E-state index contributed by atoms with van der Waals surface area (Å²) in [6.45, 7) is 4.29. The molecule has 78 valence electrons. The van der Waals surface area contributed by atoms with Crippen LogP contribution >= 0.6 is 0 Å². The lowest BCUT2D eigenvalue weighted by atomic mass is 9.80. The molecule has 1 unspecified atom stereocenters. The fourth-order valence-electron chi connectivity index (χ4n) is 1.76. The van der Waals surface area contributed by atoms with E-state index in [4.69, 9.17) is 5.11 Å². The Kier molecular flexibility index (Phi) is 2.97. The van der Waals surface area contributed by atoms with E-state index in [1.54, 1.807) is 0 Å². The van der Waals surface area contributed by atoms with Gasteiger partial charge in [-0.15, -0.1) is 0 Å². The van der Waals surface area contributed by atoms with E-state index in [0.29, 0.717) is 6.54 Å². The SMILES string of the molecule is CN1CC(CO)[C@@H](O)[C@@H](O)C1(C)C. The molecule has 1 fully saturated rings. The molecule has 1 aliphatic rings. The second-order valence-corrected chi connectivity index (χ2v) is 4.41. The minimum atomic E-state index is -0.823.